The van der Waals surface area contributed by atoms with Crippen LogP contribution in [0.2, 0.25) is 0 Å². The Hall–Kier alpha value is -1.59. The van der Waals surface area contributed by atoms with E-state index >= 15 is 0 Å². The summed E-state index contributed by atoms with van der Waals surface area (Å²) in [7, 11) is 3.34. The Balaban J connectivity index is 1.93. The molecule has 1 atom stereocenters. The summed E-state index contributed by atoms with van der Waals surface area (Å²) in [5, 5.41) is 13.4. The molecule has 1 aromatic carbocycles. The van der Waals surface area contributed by atoms with Gasteiger partial charge in [-0.05, 0) is 30.7 Å². The van der Waals surface area contributed by atoms with E-state index in [4.69, 9.17) is 4.74 Å². The Labute approximate surface area is 119 Å². The molecule has 0 radical (unpaired) electrons. The van der Waals surface area contributed by atoms with E-state index in [-0.39, 0.29) is 5.91 Å². The van der Waals surface area contributed by atoms with Gasteiger partial charge in [0.1, 0.15) is 5.75 Å². The van der Waals surface area contributed by atoms with Crippen LogP contribution in [0, 0.1) is 0 Å². The van der Waals surface area contributed by atoms with Crippen LogP contribution in [0.4, 0.5) is 0 Å². The average molecular weight is 278 g/mol. The van der Waals surface area contributed by atoms with E-state index in [0.29, 0.717) is 25.9 Å². The Morgan fingerprint density at radius 2 is 2.35 bits per heavy atom. The molecular formula is C15H22N2O3. The van der Waals surface area contributed by atoms with Crippen molar-refractivity contribution < 1.29 is 14.6 Å². The summed E-state index contributed by atoms with van der Waals surface area (Å²) in [4.78, 5) is 13.8. The normalized spacial score (nSPS) is 21.8. The third kappa shape index (κ3) is 3.71. The molecule has 1 aliphatic rings. The highest BCUT2D eigenvalue weighted by molar-refractivity contribution is 5.78. The maximum atomic E-state index is 12.2. The molecule has 0 bridgehead atoms. The molecule has 110 valence electrons. The highest BCUT2D eigenvalue weighted by Crippen LogP contribution is 2.17. The first-order chi connectivity index (χ1) is 9.52. The van der Waals surface area contributed by atoms with Crippen LogP contribution in [-0.2, 0) is 11.2 Å². The number of β-amino-alcohol motifs (C(OH)–C–C–N with tert-alkyl or cyclic N) is 1. The van der Waals surface area contributed by atoms with Crippen LogP contribution in [0.25, 0.3) is 0 Å². The monoisotopic (exact) mass is 278 g/mol. The molecule has 20 heavy (non-hydrogen) atoms. The third-order valence-corrected chi connectivity index (χ3v) is 3.67. The quantitative estimate of drug-likeness (QED) is 0.819. The lowest BCUT2D eigenvalue weighted by Gasteiger charge is -2.28. The van der Waals surface area contributed by atoms with Crippen molar-refractivity contribution in [2.45, 2.75) is 18.4 Å². The molecule has 5 heteroatoms. The summed E-state index contributed by atoms with van der Waals surface area (Å²) in [6.07, 6.45) is 1.00. The van der Waals surface area contributed by atoms with Crippen LogP contribution in [0.3, 0.4) is 0 Å². The van der Waals surface area contributed by atoms with E-state index in [1.807, 2.05) is 24.3 Å². The first-order valence-corrected chi connectivity index (χ1v) is 6.82. The molecule has 1 heterocycles. The molecule has 0 saturated carbocycles. The number of hydrogen-bond acceptors (Lipinski definition) is 4. The van der Waals surface area contributed by atoms with Crippen molar-refractivity contribution >= 4 is 5.91 Å². The van der Waals surface area contributed by atoms with E-state index in [1.54, 1.807) is 19.1 Å². The van der Waals surface area contributed by atoms with E-state index in [0.717, 1.165) is 17.9 Å². The van der Waals surface area contributed by atoms with Gasteiger partial charge >= 0.3 is 0 Å². The summed E-state index contributed by atoms with van der Waals surface area (Å²) < 4.78 is 5.15. The van der Waals surface area contributed by atoms with Gasteiger partial charge in [-0.3, -0.25) is 4.79 Å². The van der Waals surface area contributed by atoms with E-state index in [2.05, 4.69) is 5.32 Å². The molecule has 1 amide bonds. The second kappa shape index (κ2) is 6.24. The Morgan fingerprint density at radius 1 is 1.55 bits per heavy atom. The van der Waals surface area contributed by atoms with Crippen molar-refractivity contribution in [2.75, 3.05) is 33.8 Å². The van der Waals surface area contributed by atoms with Gasteiger partial charge in [-0.2, -0.15) is 0 Å². The van der Waals surface area contributed by atoms with Gasteiger partial charge in [0.2, 0.25) is 5.91 Å². The Kier molecular flexibility index (Phi) is 4.62. The minimum absolute atomic E-state index is 0.00132. The van der Waals surface area contributed by atoms with Gasteiger partial charge in [-0.25, -0.2) is 0 Å². The van der Waals surface area contributed by atoms with Gasteiger partial charge in [-0.15, -0.1) is 0 Å². The number of carbonyl (C=O) groups excluding carboxylic acids is 1. The maximum Gasteiger partial charge on any atom is 0.226 e. The molecule has 1 aromatic rings. The van der Waals surface area contributed by atoms with E-state index < -0.39 is 5.60 Å². The molecular weight excluding hydrogens is 256 g/mol. The number of likely N-dealkylation sites (N-methyl/N-ethyl adjacent to an activating group) is 1. The van der Waals surface area contributed by atoms with Crippen molar-refractivity contribution in [2.24, 2.45) is 0 Å². The number of benzene rings is 1. The second-order valence-corrected chi connectivity index (χ2v) is 5.43. The van der Waals surface area contributed by atoms with Crippen molar-refractivity contribution in [1.82, 2.24) is 10.2 Å². The number of carbonyl (C=O) groups is 1. The van der Waals surface area contributed by atoms with Gasteiger partial charge in [0.25, 0.3) is 0 Å². The smallest absolute Gasteiger partial charge is 0.226 e. The number of rotatable bonds is 5. The number of ether oxygens (including phenoxy) is 1. The largest absolute Gasteiger partial charge is 0.497 e. The molecule has 0 aromatic heterocycles. The summed E-state index contributed by atoms with van der Waals surface area (Å²) in [5.41, 5.74) is 0.122. The van der Waals surface area contributed by atoms with Crippen LogP contribution in [0.5, 0.6) is 5.75 Å². The fourth-order valence-electron chi connectivity index (χ4n) is 2.49. The highest BCUT2D eigenvalue weighted by atomic mass is 16.5. The maximum absolute atomic E-state index is 12.2. The third-order valence-electron chi connectivity index (χ3n) is 3.67. The van der Waals surface area contributed by atoms with E-state index in [9.17, 15) is 9.90 Å². The van der Waals surface area contributed by atoms with Gasteiger partial charge in [0.05, 0.1) is 25.7 Å². The first-order valence-electron chi connectivity index (χ1n) is 6.82. The summed E-state index contributed by atoms with van der Waals surface area (Å²) in [6, 6.07) is 7.48. The minimum Gasteiger partial charge on any atom is -0.497 e. The molecule has 1 unspecified atom stereocenters. The van der Waals surface area contributed by atoms with Crippen LogP contribution < -0.4 is 10.1 Å². The zero-order valence-corrected chi connectivity index (χ0v) is 12.1. The van der Waals surface area contributed by atoms with Crippen LogP contribution in [0.15, 0.2) is 24.3 Å². The predicted molar refractivity (Wildman–Crippen MR) is 76.8 cm³/mol. The van der Waals surface area contributed by atoms with Gasteiger partial charge in [0.15, 0.2) is 0 Å². The molecule has 2 rings (SSSR count). The predicted octanol–water partition coefficient (Wildman–Crippen LogP) is 0.420. The highest BCUT2D eigenvalue weighted by Gasteiger charge is 2.33. The first kappa shape index (κ1) is 14.8. The Bertz CT molecular complexity index is 470. The van der Waals surface area contributed by atoms with Crippen LogP contribution in [0.1, 0.15) is 12.0 Å². The molecule has 1 aliphatic heterocycles. The van der Waals surface area contributed by atoms with E-state index in [1.165, 1.54) is 0 Å². The van der Waals surface area contributed by atoms with Crippen molar-refractivity contribution in [1.29, 1.82) is 0 Å². The zero-order valence-electron chi connectivity index (χ0n) is 12.1. The molecule has 5 nitrogen and oxygen atoms in total. The molecule has 2 N–H and O–H groups in total. The van der Waals surface area contributed by atoms with Crippen LogP contribution in [-0.4, -0.2) is 55.3 Å². The average Bonchev–Trinajstić information content (AvgIpc) is 2.85. The summed E-state index contributed by atoms with van der Waals surface area (Å²) in [5.74, 6) is 0.746. The lowest BCUT2D eigenvalue weighted by atomic mass is 10.0. The van der Waals surface area contributed by atoms with Crippen LogP contribution >= 0.6 is 0 Å². The fraction of sp³-hybridized carbons (Fsp3) is 0.533. The SMILES string of the molecule is COc1cccc(CC(=O)N(C)CC2(O)CCNC2)c1. The van der Waals surface area contributed by atoms with Crippen molar-refractivity contribution in [3.05, 3.63) is 29.8 Å². The molecule has 1 fully saturated rings. The second-order valence-electron chi connectivity index (χ2n) is 5.43. The molecule has 0 spiro atoms. The number of nitrogens with zero attached hydrogens (tertiary/aromatic N) is 1. The minimum atomic E-state index is -0.793. The number of amides is 1. The Morgan fingerprint density at radius 3 is 3.00 bits per heavy atom. The van der Waals surface area contributed by atoms with Crippen molar-refractivity contribution in [3.63, 3.8) is 0 Å². The van der Waals surface area contributed by atoms with Gasteiger partial charge < -0.3 is 20.1 Å². The van der Waals surface area contributed by atoms with Gasteiger partial charge in [0, 0.05) is 13.6 Å². The zero-order chi connectivity index (χ0) is 14.6. The topological polar surface area (TPSA) is 61.8 Å². The lowest BCUT2D eigenvalue weighted by molar-refractivity contribution is -0.132. The number of nitrogens with one attached hydrogen (secondary N) is 1. The summed E-state index contributed by atoms with van der Waals surface area (Å²) in [6.45, 7) is 1.71. The van der Waals surface area contributed by atoms with Gasteiger partial charge in [-0.1, -0.05) is 12.1 Å². The fourth-order valence-corrected chi connectivity index (χ4v) is 2.49. The standard InChI is InChI=1S/C15H22N2O3/c1-17(11-15(19)6-7-16-10-15)14(18)9-12-4-3-5-13(8-12)20-2/h3-5,8,16,19H,6-7,9-11H2,1-2H3. The van der Waals surface area contributed by atoms with Crippen molar-refractivity contribution in [3.8, 4) is 5.75 Å². The number of hydrogen-bond donors (Lipinski definition) is 2. The summed E-state index contributed by atoms with van der Waals surface area (Å²) >= 11 is 0. The number of methoxy groups -OCH3 is 1. The number of aliphatic hydroxyl groups is 1. The lowest BCUT2D eigenvalue weighted by Crippen LogP contribution is -2.45. The molecule has 0 aliphatic carbocycles. The molecule has 1 saturated heterocycles.